The predicted octanol–water partition coefficient (Wildman–Crippen LogP) is 4.92. The molecule has 1 aromatic carbocycles. The summed E-state index contributed by atoms with van der Waals surface area (Å²) < 4.78 is 27.4. The van der Waals surface area contributed by atoms with Crippen molar-refractivity contribution < 1.29 is 13.7 Å². The highest BCUT2D eigenvalue weighted by Gasteiger charge is 2.53. The Morgan fingerprint density at radius 3 is 2.19 bits per heavy atom. The highest BCUT2D eigenvalue weighted by molar-refractivity contribution is 6.55. The average molecular weight is 359 g/mol. The van der Waals surface area contributed by atoms with Gasteiger partial charge in [0, 0.05) is 18.2 Å². The van der Waals surface area contributed by atoms with Crippen LogP contribution < -0.4 is 5.32 Å². The predicted molar refractivity (Wildman–Crippen MR) is 105 cm³/mol. The first-order valence-corrected chi connectivity index (χ1v) is 9.83. The van der Waals surface area contributed by atoms with Gasteiger partial charge in [0.1, 0.15) is 5.73 Å². The molecule has 2 fully saturated rings. The summed E-state index contributed by atoms with van der Waals surface area (Å²) in [5.74, 6) is 0. The minimum Gasteiger partial charge on any atom is -0.398 e. The van der Waals surface area contributed by atoms with Gasteiger partial charge < -0.3 is 14.6 Å². The van der Waals surface area contributed by atoms with Crippen LogP contribution in [-0.4, -0.2) is 30.9 Å². The van der Waals surface area contributed by atoms with E-state index < -0.39 is 18.3 Å². The van der Waals surface area contributed by atoms with Crippen molar-refractivity contribution in [1.82, 2.24) is 5.32 Å². The summed E-state index contributed by atoms with van der Waals surface area (Å²) in [5.41, 5.74) is 0.0946. The van der Waals surface area contributed by atoms with Crippen molar-refractivity contribution in [3.05, 3.63) is 41.6 Å². The van der Waals surface area contributed by atoms with E-state index in [1.54, 1.807) is 0 Å². The Bertz CT molecular complexity index is 623. The molecule has 5 heteroatoms. The van der Waals surface area contributed by atoms with Crippen LogP contribution in [0.15, 0.2) is 36.1 Å². The van der Waals surface area contributed by atoms with Gasteiger partial charge in [0.25, 0.3) is 0 Å². The first-order chi connectivity index (χ1) is 12.3. The molecule has 0 amide bonds. The molecule has 1 aromatic rings. The smallest absolute Gasteiger partial charge is 0.398 e. The van der Waals surface area contributed by atoms with E-state index in [1.807, 2.05) is 58.0 Å². The van der Waals surface area contributed by atoms with E-state index >= 15 is 4.39 Å². The Morgan fingerprint density at radius 2 is 1.62 bits per heavy atom. The van der Waals surface area contributed by atoms with Gasteiger partial charge in [-0.1, -0.05) is 49.6 Å². The number of rotatable bonds is 5. The van der Waals surface area contributed by atoms with Gasteiger partial charge in [-0.05, 0) is 46.1 Å². The van der Waals surface area contributed by atoms with Gasteiger partial charge in [-0.25, -0.2) is 4.39 Å². The molecule has 0 radical (unpaired) electrons. The maximum Gasteiger partial charge on any atom is 0.525 e. The highest BCUT2D eigenvalue weighted by atomic mass is 19.1. The zero-order chi connectivity index (χ0) is 18.8. The molecular weight excluding hydrogens is 328 g/mol. The lowest BCUT2D eigenvalue weighted by molar-refractivity contribution is 0.00578. The van der Waals surface area contributed by atoms with Crippen molar-refractivity contribution in [3.8, 4) is 0 Å². The summed E-state index contributed by atoms with van der Waals surface area (Å²) in [5, 5.41) is 3.56. The molecule has 1 aliphatic carbocycles. The van der Waals surface area contributed by atoms with Crippen LogP contribution in [0.2, 0.25) is 0 Å². The number of benzene rings is 1. The molecule has 3 rings (SSSR count). The maximum atomic E-state index is 15.5. The van der Waals surface area contributed by atoms with Crippen LogP contribution in [0.1, 0.15) is 65.4 Å². The van der Waals surface area contributed by atoms with Crippen molar-refractivity contribution in [2.24, 2.45) is 0 Å². The topological polar surface area (TPSA) is 30.5 Å². The molecule has 0 spiro atoms. The third-order valence-electron chi connectivity index (χ3n) is 6.04. The summed E-state index contributed by atoms with van der Waals surface area (Å²) in [6, 6.07) is 10.2. The first kappa shape index (κ1) is 19.6. The summed E-state index contributed by atoms with van der Waals surface area (Å²) in [4.78, 5) is 0. The summed E-state index contributed by atoms with van der Waals surface area (Å²) >= 11 is 0. The first-order valence-electron chi connectivity index (χ1n) is 9.83. The fraction of sp³-hybridized carbons (Fsp3) is 0.619. The van der Waals surface area contributed by atoms with Crippen molar-refractivity contribution in [2.75, 3.05) is 6.54 Å². The highest BCUT2D eigenvalue weighted by Crippen LogP contribution is 2.40. The van der Waals surface area contributed by atoms with Crippen LogP contribution in [0.3, 0.4) is 0 Å². The van der Waals surface area contributed by atoms with Crippen LogP contribution in [-0.2, 0) is 9.31 Å². The Hall–Kier alpha value is -1.17. The van der Waals surface area contributed by atoms with E-state index in [9.17, 15) is 0 Å². The summed E-state index contributed by atoms with van der Waals surface area (Å²) in [6.45, 7) is 8.28. The second-order valence-electron chi connectivity index (χ2n) is 8.50. The molecule has 0 atom stereocenters. The lowest BCUT2D eigenvalue weighted by Gasteiger charge is -2.32. The van der Waals surface area contributed by atoms with E-state index in [1.165, 1.54) is 32.1 Å². The number of nitrogens with one attached hydrogen (secondary N) is 1. The van der Waals surface area contributed by atoms with Gasteiger partial charge in [-0.15, -0.1) is 0 Å². The van der Waals surface area contributed by atoms with Crippen LogP contribution >= 0.6 is 0 Å². The quantitative estimate of drug-likeness (QED) is 0.757. The second-order valence-corrected chi connectivity index (χ2v) is 8.50. The number of hydrogen-bond acceptors (Lipinski definition) is 3. The molecule has 1 heterocycles. The Morgan fingerprint density at radius 1 is 1.04 bits per heavy atom. The molecule has 1 saturated heterocycles. The number of hydrogen-bond donors (Lipinski definition) is 1. The zero-order valence-electron chi connectivity index (χ0n) is 16.5. The minimum absolute atomic E-state index is 0.321. The molecule has 1 aliphatic heterocycles. The molecule has 2 aliphatic rings. The molecule has 0 aromatic heterocycles. The van der Waals surface area contributed by atoms with E-state index in [0.29, 0.717) is 18.2 Å². The second kappa shape index (κ2) is 7.83. The lowest BCUT2D eigenvalue weighted by Crippen LogP contribution is -2.41. The molecular formula is C21H31BFNO2. The average Bonchev–Trinajstić information content (AvgIpc) is 2.84. The number of halogens is 1. The van der Waals surface area contributed by atoms with E-state index in [2.05, 4.69) is 5.32 Å². The van der Waals surface area contributed by atoms with Gasteiger partial charge in [0.15, 0.2) is 0 Å². The fourth-order valence-electron chi connectivity index (χ4n) is 3.61. The van der Waals surface area contributed by atoms with Crippen molar-refractivity contribution in [2.45, 2.75) is 77.0 Å². The summed E-state index contributed by atoms with van der Waals surface area (Å²) in [7, 11) is -0.955. The Balaban J connectivity index is 1.83. The summed E-state index contributed by atoms with van der Waals surface area (Å²) in [6.07, 6.45) is 6.14. The molecule has 1 saturated carbocycles. The monoisotopic (exact) mass is 359 g/mol. The van der Waals surface area contributed by atoms with Crippen LogP contribution in [0, 0.1) is 0 Å². The van der Waals surface area contributed by atoms with Gasteiger partial charge in [0.2, 0.25) is 0 Å². The van der Waals surface area contributed by atoms with Crippen molar-refractivity contribution in [1.29, 1.82) is 0 Å². The van der Waals surface area contributed by atoms with Crippen LogP contribution in [0.4, 0.5) is 4.39 Å². The Labute approximate surface area is 157 Å². The molecule has 0 bridgehead atoms. The van der Waals surface area contributed by atoms with Crippen molar-refractivity contribution >= 4 is 12.7 Å². The maximum absolute atomic E-state index is 15.5. The zero-order valence-corrected chi connectivity index (χ0v) is 16.5. The molecule has 26 heavy (non-hydrogen) atoms. The van der Waals surface area contributed by atoms with E-state index in [4.69, 9.17) is 9.31 Å². The van der Waals surface area contributed by atoms with Crippen LogP contribution in [0.25, 0.3) is 5.57 Å². The lowest BCUT2D eigenvalue weighted by atomic mass is 9.82. The third kappa shape index (κ3) is 4.21. The van der Waals surface area contributed by atoms with Crippen molar-refractivity contribution in [3.63, 3.8) is 0 Å². The Kier molecular flexibility index (Phi) is 5.90. The third-order valence-corrected chi connectivity index (χ3v) is 6.04. The minimum atomic E-state index is -0.955. The van der Waals surface area contributed by atoms with Gasteiger partial charge in [0.05, 0.1) is 11.2 Å². The van der Waals surface area contributed by atoms with Gasteiger partial charge >= 0.3 is 7.12 Å². The van der Waals surface area contributed by atoms with Gasteiger partial charge in [-0.3, -0.25) is 0 Å². The standard InChI is InChI=1S/C21H31BFNO2/c1-20(2)21(3,4)26-22(25-20)19(23)18(16-11-7-5-8-12-16)15-24-17-13-9-6-10-14-17/h5,7-8,11-12,17,24H,6,9-10,13-15H2,1-4H3. The molecule has 142 valence electrons. The largest absolute Gasteiger partial charge is 0.525 e. The fourth-order valence-corrected chi connectivity index (χ4v) is 3.61. The van der Waals surface area contributed by atoms with E-state index in [-0.39, 0.29) is 5.73 Å². The van der Waals surface area contributed by atoms with Gasteiger partial charge in [-0.2, -0.15) is 0 Å². The van der Waals surface area contributed by atoms with E-state index in [0.717, 1.165) is 5.56 Å². The van der Waals surface area contributed by atoms with Crippen LogP contribution in [0.5, 0.6) is 0 Å². The normalized spacial score (nSPS) is 23.8. The molecule has 3 nitrogen and oxygen atoms in total. The molecule has 1 N–H and O–H groups in total. The molecule has 0 unspecified atom stereocenters. The SMILES string of the molecule is CC1(C)OB(C(F)=C(CNC2CCCCC2)c2ccccc2)OC1(C)C.